The van der Waals surface area contributed by atoms with Crippen LogP contribution in [0.15, 0.2) is 47.8 Å². The maximum absolute atomic E-state index is 12.2. The number of aromatic nitrogens is 1. The molecule has 3 rings (SSSR count). The first kappa shape index (κ1) is 20.5. The molecule has 0 saturated carbocycles. The summed E-state index contributed by atoms with van der Waals surface area (Å²) in [5, 5.41) is 5.09. The van der Waals surface area contributed by atoms with Crippen molar-refractivity contribution in [3.63, 3.8) is 0 Å². The molecular formula is C21H22N2O5S. The van der Waals surface area contributed by atoms with Gasteiger partial charge in [0.2, 0.25) is 0 Å². The Kier molecular flexibility index (Phi) is 6.91. The van der Waals surface area contributed by atoms with E-state index in [0.29, 0.717) is 34.7 Å². The minimum atomic E-state index is -0.290. The van der Waals surface area contributed by atoms with E-state index >= 15 is 0 Å². The second-order valence-corrected chi connectivity index (χ2v) is 6.70. The number of carbonyl (C=O) groups is 1. The van der Waals surface area contributed by atoms with Gasteiger partial charge in [-0.1, -0.05) is 0 Å². The monoisotopic (exact) mass is 414 g/mol. The van der Waals surface area contributed by atoms with E-state index in [-0.39, 0.29) is 12.5 Å². The van der Waals surface area contributed by atoms with Crippen LogP contribution in [0.25, 0.3) is 11.3 Å². The molecular weight excluding hydrogens is 392 g/mol. The van der Waals surface area contributed by atoms with Crippen LogP contribution in [0.5, 0.6) is 23.0 Å². The normalized spacial score (nSPS) is 10.3. The average Bonchev–Trinajstić information content (AvgIpc) is 3.21. The molecule has 0 fully saturated rings. The molecule has 0 bridgehead atoms. The SMILES string of the molecule is CCOc1ccc(OCC(=O)Nc2nc(-c3ccc(OC)cc3OC)cs2)cc1. The number of hydrogen-bond acceptors (Lipinski definition) is 7. The Balaban J connectivity index is 1.59. The zero-order chi connectivity index (χ0) is 20.6. The van der Waals surface area contributed by atoms with Crippen molar-refractivity contribution in [2.75, 3.05) is 32.8 Å². The zero-order valence-electron chi connectivity index (χ0n) is 16.4. The summed E-state index contributed by atoms with van der Waals surface area (Å²) in [6.45, 7) is 2.40. The first-order chi connectivity index (χ1) is 14.1. The molecule has 0 atom stereocenters. The third-order valence-electron chi connectivity index (χ3n) is 3.94. The molecule has 1 heterocycles. The maximum atomic E-state index is 12.2. The lowest BCUT2D eigenvalue weighted by molar-refractivity contribution is -0.118. The summed E-state index contributed by atoms with van der Waals surface area (Å²) < 4.78 is 21.5. The molecule has 0 spiro atoms. The molecule has 8 heteroatoms. The number of amides is 1. The van der Waals surface area contributed by atoms with Crippen molar-refractivity contribution in [3.8, 4) is 34.3 Å². The number of thiazole rings is 1. The molecule has 29 heavy (non-hydrogen) atoms. The van der Waals surface area contributed by atoms with Gasteiger partial charge in [0.1, 0.15) is 23.0 Å². The molecule has 0 aliphatic heterocycles. The van der Waals surface area contributed by atoms with E-state index in [1.54, 1.807) is 44.6 Å². The van der Waals surface area contributed by atoms with Crippen molar-refractivity contribution in [2.45, 2.75) is 6.92 Å². The summed E-state index contributed by atoms with van der Waals surface area (Å²) >= 11 is 1.33. The average molecular weight is 414 g/mol. The van der Waals surface area contributed by atoms with Crippen molar-refractivity contribution in [2.24, 2.45) is 0 Å². The molecule has 1 amide bonds. The number of carbonyl (C=O) groups excluding carboxylic acids is 1. The van der Waals surface area contributed by atoms with Crippen LogP contribution in [0.4, 0.5) is 5.13 Å². The predicted molar refractivity (Wildman–Crippen MR) is 112 cm³/mol. The number of methoxy groups -OCH3 is 2. The van der Waals surface area contributed by atoms with Gasteiger partial charge in [0, 0.05) is 17.0 Å². The van der Waals surface area contributed by atoms with Gasteiger partial charge in [-0.3, -0.25) is 10.1 Å². The third-order valence-corrected chi connectivity index (χ3v) is 4.70. The molecule has 1 aromatic heterocycles. The Morgan fingerprint density at radius 1 is 1.00 bits per heavy atom. The number of nitrogens with zero attached hydrogens (tertiary/aromatic N) is 1. The van der Waals surface area contributed by atoms with Crippen LogP contribution in [0.2, 0.25) is 0 Å². The molecule has 3 aromatic rings. The molecule has 7 nitrogen and oxygen atoms in total. The van der Waals surface area contributed by atoms with E-state index in [1.807, 2.05) is 24.4 Å². The molecule has 0 aliphatic carbocycles. The largest absolute Gasteiger partial charge is 0.497 e. The van der Waals surface area contributed by atoms with Crippen LogP contribution >= 0.6 is 11.3 Å². The van der Waals surface area contributed by atoms with Gasteiger partial charge in [-0.05, 0) is 43.3 Å². The van der Waals surface area contributed by atoms with Crippen LogP contribution in [0, 0.1) is 0 Å². The number of benzene rings is 2. The highest BCUT2D eigenvalue weighted by molar-refractivity contribution is 7.14. The summed E-state index contributed by atoms with van der Waals surface area (Å²) in [6, 6.07) is 12.6. The van der Waals surface area contributed by atoms with Crippen LogP contribution in [-0.2, 0) is 4.79 Å². The van der Waals surface area contributed by atoms with Gasteiger partial charge in [-0.15, -0.1) is 11.3 Å². The van der Waals surface area contributed by atoms with Gasteiger partial charge in [-0.25, -0.2) is 4.98 Å². The molecule has 2 aromatic carbocycles. The van der Waals surface area contributed by atoms with E-state index in [0.717, 1.165) is 11.3 Å². The van der Waals surface area contributed by atoms with E-state index in [2.05, 4.69) is 10.3 Å². The highest BCUT2D eigenvalue weighted by Crippen LogP contribution is 2.34. The Bertz CT molecular complexity index is 956. The van der Waals surface area contributed by atoms with E-state index in [9.17, 15) is 4.79 Å². The Labute approximate surface area is 173 Å². The van der Waals surface area contributed by atoms with E-state index in [1.165, 1.54) is 11.3 Å². The molecule has 1 N–H and O–H groups in total. The van der Waals surface area contributed by atoms with Gasteiger partial charge in [0.25, 0.3) is 5.91 Å². The quantitative estimate of drug-likeness (QED) is 0.564. The van der Waals surface area contributed by atoms with Crippen molar-refractivity contribution in [1.82, 2.24) is 4.98 Å². The fraction of sp³-hybridized carbons (Fsp3) is 0.238. The number of hydrogen-bond donors (Lipinski definition) is 1. The predicted octanol–water partition coefficient (Wildman–Crippen LogP) is 4.24. The molecule has 0 radical (unpaired) electrons. The van der Waals surface area contributed by atoms with Crippen LogP contribution in [0.3, 0.4) is 0 Å². The van der Waals surface area contributed by atoms with Crippen LogP contribution < -0.4 is 24.3 Å². The van der Waals surface area contributed by atoms with Crippen LogP contribution in [0.1, 0.15) is 6.92 Å². The number of rotatable bonds is 9. The first-order valence-corrected chi connectivity index (χ1v) is 9.84. The lowest BCUT2D eigenvalue weighted by atomic mass is 10.1. The summed E-state index contributed by atoms with van der Waals surface area (Å²) in [5.41, 5.74) is 1.52. The van der Waals surface area contributed by atoms with Gasteiger partial charge in [-0.2, -0.15) is 0 Å². The smallest absolute Gasteiger partial charge is 0.264 e. The molecule has 0 unspecified atom stereocenters. The number of ether oxygens (including phenoxy) is 4. The molecule has 0 saturated heterocycles. The summed E-state index contributed by atoms with van der Waals surface area (Å²) in [6.07, 6.45) is 0. The first-order valence-electron chi connectivity index (χ1n) is 8.96. The van der Waals surface area contributed by atoms with Crippen molar-refractivity contribution in [1.29, 1.82) is 0 Å². The topological polar surface area (TPSA) is 78.9 Å². The van der Waals surface area contributed by atoms with Crippen molar-refractivity contribution in [3.05, 3.63) is 47.8 Å². The maximum Gasteiger partial charge on any atom is 0.264 e. The summed E-state index contributed by atoms with van der Waals surface area (Å²) in [5.74, 6) is 2.40. The van der Waals surface area contributed by atoms with E-state index < -0.39 is 0 Å². The lowest BCUT2D eigenvalue weighted by Crippen LogP contribution is -2.20. The minimum absolute atomic E-state index is 0.116. The van der Waals surface area contributed by atoms with Crippen LogP contribution in [-0.4, -0.2) is 38.3 Å². The summed E-state index contributed by atoms with van der Waals surface area (Å²) in [7, 11) is 3.19. The molecule has 0 aliphatic rings. The molecule has 152 valence electrons. The van der Waals surface area contributed by atoms with Gasteiger partial charge < -0.3 is 18.9 Å². The van der Waals surface area contributed by atoms with Crippen molar-refractivity contribution >= 4 is 22.4 Å². The minimum Gasteiger partial charge on any atom is -0.497 e. The van der Waals surface area contributed by atoms with E-state index in [4.69, 9.17) is 18.9 Å². The van der Waals surface area contributed by atoms with Crippen molar-refractivity contribution < 1.29 is 23.7 Å². The summed E-state index contributed by atoms with van der Waals surface area (Å²) in [4.78, 5) is 16.6. The fourth-order valence-corrected chi connectivity index (χ4v) is 3.29. The Hall–Kier alpha value is -3.26. The Morgan fingerprint density at radius 3 is 2.34 bits per heavy atom. The zero-order valence-corrected chi connectivity index (χ0v) is 17.2. The fourth-order valence-electron chi connectivity index (χ4n) is 2.57. The second kappa shape index (κ2) is 9.79. The third kappa shape index (κ3) is 5.39. The van der Waals surface area contributed by atoms with Gasteiger partial charge >= 0.3 is 0 Å². The van der Waals surface area contributed by atoms with Gasteiger partial charge in [0.15, 0.2) is 11.7 Å². The standard InChI is InChI=1S/C21H22N2O5S/c1-4-27-14-5-7-15(8-6-14)28-12-20(24)23-21-22-18(13-29-21)17-10-9-16(25-2)11-19(17)26-3/h5-11,13H,4,12H2,1-3H3,(H,22,23,24). The lowest BCUT2D eigenvalue weighted by Gasteiger charge is -2.08. The highest BCUT2D eigenvalue weighted by atomic mass is 32.1. The second-order valence-electron chi connectivity index (χ2n) is 5.85. The highest BCUT2D eigenvalue weighted by Gasteiger charge is 2.13. The Morgan fingerprint density at radius 2 is 1.69 bits per heavy atom. The number of nitrogens with one attached hydrogen (secondary N) is 1. The number of anilines is 1. The van der Waals surface area contributed by atoms with Gasteiger partial charge in [0.05, 0.1) is 26.5 Å².